The second-order valence-electron chi connectivity index (χ2n) is 6.61. The number of para-hydroxylation sites is 1. The Bertz CT molecular complexity index is 861. The summed E-state index contributed by atoms with van der Waals surface area (Å²) < 4.78 is 0. The summed E-state index contributed by atoms with van der Waals surface area (Å²) >= 11 is 0. The quantitative estimate of drug-likeness (QED) is 0.823. The number of aryl methyl sites for hydroxylation is 1. The van der Waals surface area contributed by atoms with E-state index >= 15 is 0 Å². The molecule has 1 fully saturated rings. The Morgan fingerprint density at radius 1 is 1.15 bits per heavy atom. The number of hydrogen-bond donors (Lipinski definition) is 2. The van der Waals surface area contributed by atoms with Gasteiger partial charge in [0.1, 0.15) is 0 Å². The Hall–Kier alpha value is -3.15. The summed E-state index contributed by atoms with van der Waals surface area (Å²) in [5, 5.41) is 11.8. The SMILES string of the molecule is CCc1ccccc1N1CC(C(=O)NCc2ccc(C(=O)O)cc2)CC1=O. The van der Waals surface area contributed by atoms with Crippen molar-refractivity contribution in [2.75, 3.05) is 11.4 Å². The Balaban J connectivity index is 1.61. The average molecular weight is 366 g/mol. The molecule has 2 aromatic rings. The molecular formula is C21H22N2O4. The van der Waals surface area contributed by atoms with Gasteiger partial charge in [0.2, 0.25) is 11.8 Å². The zero-order valence-electron chi connectivity index (χ0n) is 15.1. The molecule has 3 rings (SSSR count). The van der Waals surface area contributed by atoms with E-state index in [4.69, 9.17) is 5.11 Å². The molecule has 1 saturated heterocycles. The summed E-state index contributed by atoms with van der Waals surface area (Å²) in [4.78, 5) is 37.5. The summed E-state index contributed by atoms with van der Waals surface area (Å²) in [6.45, 7) is 2.72. The molecule has 6 nitrogen and oxygen atoms in total. The van der Waals surface area contributed by atoms with Crippen molar-refractivity contribution in [3.63, 3.8) is 0 Å². The van der Waals surface area contributed by atoms with Crippen LogP contribution in [0, 0.1) is 5.92 Å². The maximum atomic E-state index is 12.5. The highest BCUT2D eigenvalue weighted by Crippen LogP contribution is 2.28. The van der Waals surface area contributed by atoms with E-state index in [1.807, 2.05) is 31.2 Å². The molecule has 0 aromatic heterocycles. The molecule has 0 saturated carbocycles. The molecule has 6 heteroatoms. The molecule has 140 valence electrons. The van der Waals surface area contributed by atoms with Gasteiger partial charge in [0, 0.05) is 25.2 Å². The van der Waals surface area contributed by atoms with Gasteiger partial charge < -0.3 is 15.3 Å². The van der Waals surface area contributed by atoms with Crippen LogP contribution < -0.4 is 10.2 Å². The van der Waals surface area contributed by atoms with Crippen LogP contribution in [-0.2, 0) is 22.6 Å². The molecular weight excluding hydrogens is 344 g/mol. The van der Waals surface area contributed by atoms with E-state index in [9.17, 15) is 14.4 Å². The van der Waals surface area contributed by atoms with Gasteiger partial charge in [-0.05, 0) is 35.7 Å². The third kappa shape index (κ3) is 4.16. The predicted molar refractivity (Wildman–Crippen MR) is 102 cm³/mol. The number of hydrogen-bond acceptors (Lipinski definition) is 3. The van der Waals surface area contributed by atoms with Gasteiger partial charge in [0.25, 0.3) is 0 Å². The van der Waals surface area contributed by atoms with Crippen LogP contribution in [0.1, 0.15) is 34.8 Å². The van der Waals surface area contributed by atoms with Crippen molar-refractivity contribution < 1.29 is 19.5 Å². The predicted octanol–water partition coefficient (Wildman–Crippen LogP) is 2.62. The fourth-order valence-electron chi connectivity index (χ4n) is 3.29. The molecule has 1 aliphatic heterocycles. The van der Waals surface area contributed by atoms with E-state index in [1.54, 1.807) is 17.0 Å². The van der Waals surface area contributed by atoms with E-state index < -0.39 is 5.97 Å². The number of rotatable bonds is 6. The van der Waals surface area contributed by atoms with Gasteiger partial charge in [-0.25, -0.2) is 4.79 Å². The number of carboxylic acid groups (broad SMARTS) is 1. The minimum atomic E-state index is -0.984. The van der Waals surface area contributed by atoms with E-state index in [-0.39, 0.29) is 29.7 Å². The van der Waals surface area contributed by atoms with Gasteiger partial charge in [-0.2, -0.15) is 0 Å². The Morgan fingerprint density at radius 3 is 2.52 bits per heavy atom. The number of anilines is 1. The maximum Gasteiger partial charge on any atom is 0.335 e. The number of carbonyl (C=O) groups excluding carboxylic acids is 2. The second kappa shape index (κ2) is 8.03. The van der Waals surface area contributed by atoms with Crippen molar-refractivity contribution in [3.8, 4) is 0 Å². The molecule has 2 N–H and O–H groups in total. The lowest BCUT2D eigenvalue weighted by atomic mass is 10.1. The average Bonchev–Trinajstić information content (AvgIpc) is 3.08. The number of carbonyl (C=O) groups is 3. The van der Waals surface area contributed by atoms with Crippen molar-refractivity contribution in [2.24, 2.45) is 5.92 Å². The largest absolute Gasteiger partial charge is 0.478 e. The maximum absolute atomic E-state index is 12.5. The van der Waals surface area contributed by atoms with Crippen molar-refractivity contribution in [1.82, 2.24) is 5.32 Å². The molecule has 2 aromatic carbocycles. The minimum Gasteiger partial charge on any atom is -0.478 e. The molecule has 1 atom stereocenters. The van der Waals surface area contributed by atoms with Crippen LogP contribution in [0.3, 0.4) is 0 Å². The molecule has 0 radical (unpaired) electrons. The molecule has 0 aliphatic carbocycles. The monoisotopic (exact) mass is 366 g/mol. The van der Waals surface area contributed by atoms with E-state index in [1.165, 1.54) is 12.1 Å². The van der Waals surface area contributed by atoms with Gasteiger partial charge in [0.05, 0.1) is 11.5 Å². The van der Waals surface area contributed by atoms with Gasteiger partial charge >= 0.3 is 5.97 Å². The van der Waals surface area contributed by atoms with Crippen LogP contribution in [0.2, 0.25) is 0 Å². The van der Waals surface area contributed by atoms with Crippen molar-refractivity contribution in [3.05, 3.63) is 65.2 Å². The fraction of sp³-hybridized carbons (Fsp3) is 0.286. The lowest BCUT2D eigenvalue weighted by molar-refractivity contribution is -0.126. The van der Waals surface area contributed by atoms with Crippen LogP contribution in [-0.4, -0.2) is 29.4 Å². The Kier molecular flexibility index (Phi) is 5.54. The van der Waals surface area contributed by atoms with Gasteiger partial charge in [-0.15, -0.1) is 0 Å². The Morgan fingerprint density at radius 2 is 1.85 bits per heavy atom. The normalized spacial score (nSPS) is 16.4. The van der Waals surface area contributed by atoms with E-state index in [0.29, 0.717) is 13.1 Å². The van der Waals surface area contributed by atoms with Gasteiger partial charge in [-0.3, -0.25) is 9.59 Å². The molecule has 0 spiro atoms. The van der Waals surface area contributed by atoms with Crippen molar-refractivity contribution in [1.29, 1.82) is 0 Å². The second-order valence-corrected chi connectivity index (χ2v) is 6.61. The zero-order valence-corrected chi connectivity index (χ0v) is 15.1. The highest BCUT2D eigenvalue weighted by Gasteiger charge is 2.35. The first-order valence-electron chi connectivity index (χ1n) is 8.97. The first kappa shape index (κ1) is 18.6. The summed E-state index contributed by atoms with van der Waals surface area (Å²) in [7, 11) is 0. The summed E-state index contributed by atoms with van der Waals surface area (Å²) in [5.41, 5.74) is 2.98. The fourth-order valence-corrected chi connectivity index (χ4v) is 3.29. The molecule has 27 heavy (non-hydrogen) atoms. The van der Waals surface area contributed by atoms with Crippen molar-refractivity contribution >= 4 is 23.5 Å². The molecule has 0 bridgehead atoms. The number of aromatic carboxylic acids is 1. The number of nitrogens with one attached hydrogen (secondary N) is 1. The minimum absolute atomic E-state index is 0.0399. The number of amides is 2. The summed E-state index contributed by atoms with van der Waals surface area (Å²) in [5.74, 6) is -1.58. The van der Waals surface area contributed by atoms with Crippen LogP contribution in [0.25, 0.3) is 0 Å². The first-order chi connectivity index (χ1) is 13.0. The number of nitrogens with zero attached hydrogens (tertiary/aromatic N) is 1. The molecule has 1 aliphatic rings. The van der Waals surface area contributed by atoms with Crippen molar-refractivity contribution in [2.45, 2.75) is 26.3 Å². The number of benzene rings is 2. The van der Waals surface area contributed by atoms with Crippen LogP contribution in [0.4, 0.5) is 5.69 Å². The molecule has 1 heterocycles. The zero-order chi connectivity index (χ0) is 19.4. The lowest BCUT2D eigenvalue weighted by Gasteiger charge is -2.20. The Labute approximate surface area is 157 Å². The van der Waals surface area contributed by atoms with Crippen LogP contribution >= 0.6 is 0 Å². The lowest BCUT2D eigenvalue weighted by Crippen LogP contribution is -2.32. The third-order valence-electron chi connectivity index (χ3n) is 4.83. The van der Waals surface area contributed by atoms with E-state index in [2.05, 4.69) is 5.32 Å². The first-order valence-corrected chi connectivity index (χ1v) is 8.97. The topological polar surface area (TPSA) is 86.7 Å². The molecule has 2 amide bonds. The smallest absolute Gasteiger partial charge is 0.335 e. The summed E-state index contributed by atoms with van der Waals surface area (Å²) in [6.07, 6.45) is 1.02. The highest BCUT2D eigenvalue weighted by molar-refractivity contribution is 6.00. The number of carboxylic acids is 1. The van der Waals surface area contributed by atoms with Crippen LogP contribution in [0.15, 0.2) is 48.5 Å². The van der Waals surface area contributed by atoms with E-state index in [0.717, 1.165) is 23.2 Å². The highest BCUT2D eigenvalue weighted by atomic mass is 16.4. The summed E-state index contributed by atoms with van der Waals surface area (Å²) in [6, 6.07) is 14.1. The molecule has 1 unspecified atom stereocenters. The van der Waals surface area contributed by atoms with Gasteiger partial charge in [-0.1, -0.05) is 37.3 Å². The standard InChI is InChI=1S/C21H22N2O4/c1-2-15-5-3-4-6-18(15)23-13-17(11-19(23)24)20(25)22-12-14-7-9-16(10-8-14)21(26)27/h3-10,17H,2,11-13H2,1H3,(H,22,25)(H,26,27). The van der Waals surface area contributed by atoms with Crippen LogP contribution in [0.5, 0.6) is 0 Å². The third-order valence-corrected chi connectivity index (χ3v) is 4.83. The van der Waals surface area contributed by atoms with Gasteiger partial charge in [0.15, 0.2) is 0 Å².